The summed E-state index contributed by atoms with van der Waals surface area (Å²) in [5.41, 5.74) is 2.27. The van der Waals surface area contributed by atoms with Gasteiger partial charge in [0.25, 0.3) is 0 Å². The van der Waals surface area contributed by atoms with E-state index in [4.69, 9.17) is 0 Å². The van der Waals surface area contributed by atoms with Crippen LogP contribution in [0.25, 0.3) is 10.9 Å². The number of fused-ring (bicyclic) bond motifs is 1. The molecule has 19 heavy (non-hydrogen) atoms. The SMILES string of the molecule is Fc1ccc2c(ccn2Cc2cncn2C2CC2)c1. The van der Waals surface area contributed by atoms with Crippen molar-refractivity contribution in [2.45, 2.75) is 25.4 Å². The van der Waals surface area contributed by atoms with E-state index in [9.17, 15) is 4.39 Å². The third kappa shape index (κ3) is 1.84. The summed E-state index contributed by atoms with van der Waals surface area (Å²) in [6, 6.07) is 7.51. The third-order valence-corrected chi connectivity index (χ3v) is 3.75. The highest BCUT2D eigenvalue weighted by Gasteiger charge is 2.25. The predicted octanol–water partition coefficient (Wildman–Crippen LogP) is 3.36. The number of halogens is 1. The van der Waals surface area contributed by atoms with Crippen LogP contribution in [0.3, 0.4) is 0 Å². The molecule has 0 spiro atoms. The van der Waals surface area contributed by atoms with Crippen molar-refractivity contribution in [1.82, 2.24) is 14.1 Å². The second-order valence-corrected chi connectivity index (χ2v) is 5.17. The maximum Gasteiger partial charge on any atom is 0.123 e. The van der Waals surface area contributed by atoms with Crippen LogP contribution in [0.2, 0.25) is 0 Å². The number of benzene rings is 1. The molecule has 0 aliphatic heterocycles. The van der Waals surface area contributed by atoms with Crippen molar-refractivity contribution in [1.29, 1.82) is 0 Å². The van der Waals surface area contributed by atoms with E-state index in [-0.39, 0.29) is 5.82 Å². The molecule has 0 radical (unpaired) electrons. The molecule has 0 N–H and O–H groups in total. The van der Waals surface area contributed by atoms with Gasteiger partial charge in [0.15, 0.2) is 0 Å². The Balaban J connectivity index is 1.72. The minimum Gasteiger partial charge on any atom is -0.341 e. The van der Waals surface area contributed by atoms with Crippen LogP contribution in [-0.2, 0) is 6.54 Å². The number of hydrogen-bond acceptors (Lipinski definition) is 1. The van der Waals surface area contributed by atoms with Gasteiger partial charge in [-0.15, -0.1) is 0 Å². The van der Waals surface area contributed by atoms with Gasteiger partial charge in [-0.3, -0.25) is 0 Å². The summed E-state index contributed by atoms with van der Waals surface area (Å²) in [5, 5.41) is 0.942. The molecule has 1 aliphatic carbocycles. The lowest BCUT2D eigenvalue weighted by Crippen LogP contribution is -2.04. The van der Waals surface area contributed by atoms with E-state index >= 15 is 0 Å². The van der Waals surface area contributed by atoms with E-state index in [1.54, 1.807) is 6.07 Å². The molecule has 1 fully saturated rings. The van der Waals surface area contributed by atoms with E-state index in [1.807, 2.05) is 30.9 Å². The van der Waals surface area contributed by atoms with Gasteiger partial charge in [0.2, 0.25) is 0 Å². The Morgan fingerprint density at radius 2 is 2.16 bits per heavy atom. The Bertz CT molecular complexity index is 737. The summed E-state index contributed by atoms with van der Waals surface area (Å²) >= 11 is 0. The molecule has 0 bridgehead atoms. The molecule has 3 aromatic rings. The van der Waals surface area contributed by atoms with Gasteiger partial charge >= 0.3 is 0 Å². The largest absolute Gasteiger partial charge is 0.341 e. The predicted molar refractivity (Wildman–Crippen MR) is 71.5 cm³/mol. The molecular weight excluding hydrogens is 241 g/mol. The van der Waals surface area contributed by atoms with Gasteiger partial charge in [-0.25, -0.2) is 9.37 Å². The lowest BCUT2D eigenvalue weighted by Gasteiger charge is -2.08. The Labute approximate surface area is 110 Å². The lowest BCUT2D eigenvalue weighted by molar-refractivity contribution is 0.629. The van der Waals surface area contributed by atoms with Crippen LogP contribution in [-0.4, -0.2) is 14.1 Å². The Kier molecular flexibility index (Phi) is 2.24. The fourth-order valence-electron chi connectivity index (χ4n) is 2.62. The van der Waals surface area contributed by atoms with Gasteiger partial charge in [0, 0.05) is 29.3 Å². The van der Waals surface area contributed by atoms with Crippen molar-refractivity contribution < 1.29 is 4.39 Å². The van der Waals surface area contributed by atoms with Crippen LogP contribution in [0.4, 0.5) is 4.39 Å². The summed E-state index contributed by atoms with van der Waals surface area (Å²) in [7, 11) is 0. The molecular formula is C15H14FN3. The first-order valence-electron chi connectivity index (χ1n) is 6.56. The fourth-order valence-corrected chi connectivity index (χ4v) is 2.62. The summed E-state index contributed by atoms with van der Waals surface area (Å²) < 4.78 is 17.6. The minimum atomic E-state index is -0.187. The summed E-state index contributed by atoms with van der Waals surface area (Å²) in [4.78, 5) is 4.25. The lowest BCUT2D eigenvalue weighted by atomic mass is 10.2. The second kappa shape index (κ2) is 3.95. The Morgan fingerprint density at radius 1 is 1.26 bits per heavy atom. The van der Waals surface area contributed by atoms with Crippen molar-refractivity contribution in [3.8, 4) is 0 Å². The summed E-state index contributed by atoms with van der Waals surface area (Å²) in [6.45, 7) is 0.783. The fraction of sp³-hybridized carbons (Fsp3) is 0.267. The standard InChI is InChI=1S/C15H14FN3/c16-12-1-4-15-11(7-12)5-6-18(15)9-14-8-17-10-19(14)13-2-3-13/h1,4-8,10,13H,2-3,9H2. The highest BCUT2D eigenvalue weighted by atomic mass is 19.1. The number of aromatic nitrogens is 3. The van der Waals surface area contributed by atoms with Crippen LogP contribution in [0.5, 0.6) is 0 Å². The van der Waals surface area contributed by atoms with E-state index < -0.39 is 0 Å². The average molecular weight is 255 g/mol. The number of nitrogens with zero attached hydrogens (tertiary/aromatic N) is 3. The molecule has 1 aromatic carbocycles. The van der Waals surface area contributed by atoms with Crippen LogP contribution in [0.1, 0.15) is 24.6 Å². The zero-order valence-corrected chi connectivity index (χ0v) is 10.5. The van der Waals surface area contributed by atoms with Gasteiger partial charge in [-0.1, -0.05) is 0 Å². The minimum absolute atomic E-state index is 0.187. The molecule has 4 rings (SSSR count). The van der Waals surface area contributed by atoms with Crippen LogP contribution >= 0.6 is 0 Å². The van der Waals surface area contributed by atoms with E-state index in [1.165, 1.54) is 24.6 Å². The topological polar surface area (TPSA) is 22.8 Å². The smallest absolute Gasteiger partial charge is 0.123 e. The maximum atomic E-state index is 13.2. The second-order valence-electron chi connectivity index (χ2n) is 5.17. The van der Waals surface area contributed by atoms with Crippen LogP contribution in [0, 0.1) is 5.82 Å². The van der Waals surface area contributed by atoms with Gasteiger partial charge in [-0.05, 0) is 37.1 Å². The molecule has 3 nitrogen and oxygen atoms in total. The first-order chi connectivity index (χ1) is 9.31. The summed E-state index contributed by atoms with van der Waals surface area (Å²) in [6.07, 6.45) is 8.35. The summed E-state index contributed by atoms with van der Waals surface area (Å²) in [5.74, 6) is -0.187. The molecule has 96 valence electrons. The molecule has 2 aromatic heterocycles. The van der Waals surface area contributed by atoms with Gasteiger partial charge in [0.1, 0.15) is 5.82 Å². The number of rotatable bonds is 3. The molecule has 0 saturated heterocycles. The van der Waals surface area contributed by atoms with E-state index in [0.29, 0.717) is 6.04 Å². The molecule has 0 atom stereocenters. The molecule has 2 heterocycles. The van der Waals surface area contributed by atoms with Crippen molar-refractivity contribution >= 4 is 10.9 Å². The quantitative estimate of drug-likeness (QED) is 0.703. The molecule has 1 saturated carbocycles. The molecule has 0 unspecified atom stereocenters. The van der Waals surface area contributed by atoms with Crippen LogP contribution < -0.4 is 0 Å². The van der Waals surface area contributed by atoms with E-state index in [2.05, 4.69) is 14.1 Å². The maximum absolute atomic E-state index is 13.2. The van der Waals surface area contributed by atoms with Crippen molar-refractivity contribution in [2.24, 2.45) is 0 Å². The average Bonchev–Trinajstić information content (AvgIpc) is 3.02. The highest BCUT2D eigenvalue weighted by molar-refractivity contribution is 5.80. The van der Waals surface area contributed by atoms with Crippen molar-refractivity contribution in [2.75, 3.05) is 0 Å². The first kappa shape index (κ1) is 10.8. The Hall–Kier alpha value is -2.10. The van der Waals surface area contributed by atoms with Crippen LogP contribution in [0.15, 0.2) is 43.0 Å². The zero-order valence-electron chi connectivity index (χ0n) is 10.5. The van der Waals surface area contributed by atoms with E-state index in [0.717, 1.165) is 17.4 Å². The van der Waals surface area contributed by atoms with Gasteiger partial charge in [-0.2, -0.15) is 0 Å². The third-order valence-electron chi connectivity index (χ3n) is 3.75. The number of hydrogen-bond donors (Lipinski definition) is 0. The number of imidazole rings is 1. The molecule has 0 amide bonds. The molecule has 1 aliphatic rings. The van der Waals surface area contributed by atoms with Crippen molar-refractivity contribution in [3.63, 3.8) is 0 Å². The van der Waals surface area contributed by atoms with Gasteiger partial charge in [0.05, 0.1) is 18.6 Å². The normalized spacial score (nSPS) is 15.2. The monoisotopic (exact) mass is 255 g/mol. The molecule has 4 heteroatoms. The van der Waals surface area contributed by atoms with Gasteiger partial charge < -0.3 is 9.13 Å². The Morgan fingerprint density at radius 3 is 3.00 bits per heavy atom. The van der Waals surface area contributed by atoms with Crippen molar-refractivity contribution in [3.05, 3.63) is 54.5 Å². The highest BCUT2D eigenvalue weighted by Crippen LogP contribution is 2.35. The first-order valence-corrected chi connectivity index (χ1v) is 6.56. The zero-order chi connectivity index (χ0) is 12.8.